The summed E-state index contributed by atoms with van der Waals surface area (Å²) < 4.78 is 2.17. The zero-order chi connectivity index (χ0) is 11.5. The van der Waals surface area contributed by atoms with Crippen molar-refractivity contribution in [3.05, 3.63) is 36.0 Å². The number of nitrogens with zero attached hydrogens (tertiary/aromatic N) is 1. The molecule has 1 aliphatic carbocycles. The van der Waals surface area contributed by atoms with Gasteiger partial charge in [0.2, 0.25) is 0 Å². The third-order valence-corrected chi connectivity index (χ3v) is 4.21. The van der Waals surface area contributed by atoms with Gasteiger partial charge in [-0.1, -0.05) is 26.0 Å². The Morgan fingerprint density at radius 1 is 1.25 bits per heavy atom. The Bertz CT molecular complexity index is 551. The maximum absolute atomic E-state index is 6.17. The molecular formula is C14H18N2. The van der Waals surface area contributed by atoms with Gasteiger partial charge in [0.05, 0.1) is 0 Å². The molecule has 0 saturated heterocycles. The molecule has 0 amide bonds. The van der Waals surface area contributed by atoms with Crippen LogP contribution in [0.5, 0.6) is 0 Å². The van der Waals surface area contributed by atoms with Gasteiger partial charge in [0.1, 0.15) is 0 Å². The highest BCUT2D eigenvalue weighted by molar-refractivity contribution is 5.85. The first-order valence-electron chi connectivity index (χ1n) is 5.83. The fraction of sp³-hybridized carbons (Fsp3) is 0.429. The second-order valence-corrected chi connectivity index (χ2v) is 5.53. The van der Waals surface area contributed by atoms with Gasteiger partial charge in [0.25, 0.3) is 0 Å². The van der Waals surface area contributed by atoms with Crippen molar-refractivity contribution in [2.75, 3.05) is 0 Å². The van der Waals surface area contributed by atoms with Crippen LogP contribution in [0.4, 0.5) is 0 Å². The minimum absolute atomic E-state index is 0.254. The van der Waals surface area contributed by atoms with Gasteiger partial charge in [-0.2, -0.15) is 0 Å². The van der Waals surface area contributed by atoms with Crippen molar-refractivity contribution >= 4 is 10.9 Å². The minimum atomic E-state index is 0.254. The summed E-state index contributed by atoms with van der Waals surface area (Å²) in [4.78, 5) is 0. The molecule has 16 heavy (non-hydrogen) atoms. The fourth-order valence-corrected chi connectivity index (χ4v) is 2.87. The maximum Gasteiger partial charge on any atom is 0.0480 e. The predicted molar refractivity (Wildman–Crippen MR) is 67.4 cm³/mol. The largest absolute Gasteiger partial charge is 0.351 e. The Kier molecular flexibility index (Phi) is 1.79. The van der Waals surface area contributed by atoms with Crippen LogP contribution in [0, 0.1) is 5.41 Å². The molecule has 0 aliphatic heterocycles. The van der Waals surface area contributed by atoms with E-state index >= 15 is 0 Å². The summed E-state index contributed by atoms with van der Waals surface area (Å²) in [5.41, 5.74) is 9.13. The van der Waals surface area contributed by atoms with Gasteiger partial charge < -0.3 is 10.3 Å². The number of benzene rings is 1. The number of aromatic nitrogens is 1. The second kappa shape index (κ2) is 2.89. The van der Waals surface area contributed by atoms with Crippen molar-refractivity contribution in [3.63, 3.8) is 0 Å². The van der Waals surface area contributed by atoms with E-state index in [0.29, 0.717) is 12.0 Å². The summed E-state index contributed by atoms with van der Waals surface area (Å²) in [5.74, 6) is 0.513. The highest BCUT2D eigenvalue weighted by atomic mass is 14.9. The summed E-state index contributed by atoms with van der Waals surface area (Å²) >= 11 is 0. The average Bonchev–Trinajstić information content (AvgIpc) is 2.60. The standard InChI is InChI=1S/C14H18N2/c1-14(2)12(13(14)15)10-5-4-6-11-9(10)7-8-16(11)3/h4-8,12-13H,15H2,1-3H3/t12-,13-/m0/s1. The van der Waals surface area contributed by atoms with Gasteiger partial charge in [-0.15, -0.1) is 0 Å². The van der Waals surface area contributed by atoms with E-state index in [1.165, 1.54) is 16.5 Å². The number of hydrogen-bond acceptors (Lipinski definition) is 1. The lowest BCUT2D eigenvalue weighted by Gasteiger charge is -2.05. The van der Waals surface area contributed by atoms with Gasteiger partial charge in [0, 0.05) is 36.1 Å². The predicted octanol–water partition coefficient (Wildman–Crippen LogP) is 2.63. The Morgan fingerprint density at radius 2 is 1.94 bits per heavy atom. The lowest BCUT2D eigenvalue weighted by atomic mass is 10.00. The smallest absolute Gasteiger partial charge is 0.0480 e. The molecule has 1 heterocycles. The lowest BCUT2D eigenvalue weighted by molar-refractivity contribution is 0.600. The Morgan fingerprint density at radius 3 is 2.56 bits per heavy atom. The monoisotopic (exact) mass is 214 g/mol. The van der Waals surface area contributed by atoms with Gasteiger partial charge in [0.15, 0.2) is 0 Å². The fourth-order valence-electron chi connectivity index (χ4n) is 2.87. The normalized spacial score (nSPS) is 27.2. The topological polar surface area (TPSA) is 30.9 Å². The van der Waals surface area contributed by atoms with Crippen LogP contribution < -0.4 is 5.73 Å². The van der Waals surface area contributed by atoms with Gasteiger partial charge >= 0.3 is 0 Å². The zero-order valence-corrected chi connectivity index (χ0v) is 10.1. The lowest BCUT2D eigenvalue weighted by Crippen LogP contribution is -2.06. The summed E-state index contributed by atoms with van der Waals surface area (Å²) in [7, 11) is 2.09. The van der Waals surface area contributed by atoms with E-state index in [2.05, 4.69) is 55.9 Å². The number of aryl methyl sites for hydroxylation is 1. The van der Waals surface area contributed by atoms with Gasteiger partial charge in [-0.25, -0.2) is 0 Å². The van der Waals surface area contributed by atoms with Crippen LogP contribution in [0.1, 0.15) is 25.3 Å². The molecule has 1 aromatic heterocycles. The zero-order valence-electron chi connectivity index (χ0n) is 10.1. The van der Waals surface area contributed by atoms with Gasteiger partial charge in [-0.05, 0) is 23.1 Å². The minimum Gasteiger partial charge on any atom is -0.351 e. The van der Waals surface area contributed by atoms with Crippen molar-refractivity contribution in [1.29, 1.82) is 0 Å². The molecule has 0 bridgehead atoms. The van der Waals surface area contributed by atoms with Crippen molar-refractivity contribution in [3.8, 4) is 0 Å². The molecular weight excluding hydrogens is 196 g/mol. The molecule has 3 rings (SSSR count). The van der Waals surface area contributed by atoms with Crippen LogP contribution in [-0.2, 0) is 7.05 Å². The number of rotatable bonds is 1. The maximum atomic E-state index is 6.17. The van der Waals surface area contributed by atoms with Crippen LogP contribution in [-0.4, -0.2) is 10.6 Å². The quantitative estimate of drug-likeness (QED) is 0.777. The van der Waals surface area contributed by atoms with Crippen molar-refractivity contribution in [2.45, 2.75) is 25.8 Å². The molecule has 2 nitrogen and oxygen atoms in total. The molecule has 2 aromatic rings. The van der Waals surface area contributed by atoms with Crippen LogP contribution in [0.3, 0.4) is 0 Å². The summed E-state index contributed by atoms with van der Waals surface area (Å²) in [6, 6.07) is 9.03. The molecule has 0 spiro atoms. The molecule has 84 valence electrons. The number of hydrogen-bond donors (Lipinski definition) is 1. The van der Waals surface area contributed by atoms with E-state index < -0.39 is 0 Å². The van der Waals surface area contributed by atoms with E-state index in [1.807, 2.05) is 0 Å². The molecule has 2 heteroatoms. The molecule has 1 saturated carbocycles. The Hall–Kier alpha value is -1.28. The highest BCUT2D eigenvalue weighted by Gasteiger charge is 2.56. The first-order valence-corrected chi connectivity index (χ1v) is 5.83. The first kappa shape index (κ1) is 9.91. The van der Waals surface area contributed by atoms with Crippen LogP contribution in [0.15, 0.2) is 30.5 Å². The van der Waals surface area contributed by atoms with E-state index in [4.69, 9.17) is 5.73 Å². The molecule has 1 aromatic carbocycles. The van der Waals surface area contributed by atoms with Crippen LogP contribution in [0.2, 0.25) is 0 Å². The number of fused-ring (bicyclic) bond motifs is 1. The SMILES string of the molecule is Cn1ccc2c([C@H]3[C@H](N)C3(C)C)cccc21. The van der Waals surface area contributed by atoms with E-state index in [1.54, 1.807) is 0 Å². The third kappa shape index (κ3) is 1.11. The van der Waals surface area contributed by atoms with E-state index in [0.717, 1.165) is 0 Å². The summed E-state index contributed by atoms with van der Waals surface area (Å²) in [5, 5.41) is 1.36. The molecule has 2 N–H and O–H groups in total. The molecule has 2 atom stereocenters. The third-order valence-electron chi connectivity index (χ3n) is 4.21. The summed E-state index contributed by atoms with van der Waals surface area (Å²) in [6.07, 6.45) is 2.12. The molecule has 0 unspecified atom stereocenters. The van der Waals surface area contributed by atoms with E-state index in [9.17, 15) is 0 Å². The second-order valence-electron chi connectivity index (χ2n) is 5.53. The average molecular weight is 214 g/mol. The van der Waals surface area contributed by atoms with Crippen molar-refractivity contribution in [2.24, 2.45) is 18.2 Å². The van der Waals surface area contributed by atoms with Gasteiger partial charge in [-0.3, -0.25) is 0 Å². The Labute approximate surface area is 96.1 Å². The van der Waals surface area contributed by atoms with Crippen LogP contribution in [0.25, 0.3) is 10.9 Å². The molecule has 0 radical (unpaired) electrons. The number of nitrogens with two attached hydrogens (primary N) is 1. The van der Waals surface area contributed by atoms with E-state index in [-0.39, 0.29) is 5.41 Å². The highest BCUT2D eigenvalue weighted by Crippen LogP contribution is 2.58. The van der Waals surface area contributed by atoms with Crippen molar-refractivity contribution in [1.82, 2.24) is 4.57 Å². The van der Waals surface area contributed by atoms with Crippen molar-refractivity contribution < 1.29 is 0 Å². The summed E-state index contributed by atoms with van der Waals surface area (Å²) in [6.45, 7) is 4.51. The van der Waals surface area contributed by atoms with Crippen LogP contribution >= 0.6 is 0 Å². The molecule has 1 aliphatic rings. The first-order chi connectivity index (χ1) is 7.53. The Balaban J connectivity index is 2.19. The molecule has 1 fully saturated rings.